The van der Waals surface area contributed by atoms with E-state index in [0.717, 1.165) is 11.5 Å². The Kier molecular flexibility index (Phi) is 3.50. The predicted octanol–water partition coefficient (Wildman–Crippen LogP) is 2.45. The molecule has 2 aromatic rings. The van der Waals surface area contributed by atoms with Crippen LogP contribution < -0.4 is 9.64 Å². The lowest BCUT2D eigenvalue weighted by atomic mass is 10.1. The third-order valence-corrected chi connectivity index (χ3v) is 3.92. The summed E-state index contributed by atoms with van der Waals surface area (Å²) in [5.74, 6) is 1.37. The van der Waals surface area contributed by atoms with Gasteiger partial charge in [-0.15, -0.1) is 0 Å². The number of amides is 1. The lowest BCUT2D eigenvalue weighted by molar-refractivity contribution is -0.121. The molecule has 7 heteroatoms. The monoisotopic (exact) mass is 304 g/mol. The van der Waals surface area contributed by atoms with Crippen molar-refractivity contribution >= 4 is 23.8 Å². The largest absolute Gasteiger partial charge is 0.482 e. The van der Waals surface area contributed by atoms with E-state index in [1.165, 1.54) is 0 Å². The molecule has 1 amide bonds. The SMILES string of the molecule is CCn1c([C@H](C)N2C(=O)COc3ccccc32)n[nH]c1=S. The summed E-state index contributed by atoms with van der Waals surface area (Å²) >= 11 is 5.22. The van der Waals surface area contributed by atoms with Crippen molar-refractivity contribution in [1.82, 2.24) is 14.8 Å². The molecule has 3 rings (SSSR count). The molecule has 0 radical (unpaired) electrons. The number of hydrogen-bond donors (Lipinski definition) is 1. The van der Waals surface area contributed by atoms with Crippen LogP contribution >= 0.6 is 12.2 Å². The van der Waals surface area contributed by atoms with Crippen LogP contribution in [0.1, 0.15) is 25.7 Å². The van der Waals surface area contributed by atoms with Gasteiger partial charge in [0, 0.05) is 6.54 Å². The first-order valence-electron chi connectivity index (χ1n) is 6.82. The quantitative estimate of drug-likeness (QED) is 0.885. The second kappa shape index (κ2) is 5.33. The van der Waals surface area contributed by atoms with E-state index in [9.17, 15) is 4.79 Å². The van der Waals surface area contributed by atoms with E-state index in [1.807, 2.05) is 42.7 Å². The van der Waals surface area contributed by atoms with E-state index in [1.54, 1.807) is 4.90 Å². The standard InChI is InChI=1S/C14H16N4O2S/c1-3-17-13(15-16-14(17)21)9(2)18-10-6-4-5-7-11(10)20-8-12(18)19/h4-7,9H,3,8H2,1-2H3,(H,16,21)/t9-/m0/s1. The molecule has 0 bridgehead atoms. The van der Waals surface area contributed by atoms with Gasteiger partial charge in [0.15, 0.2) is 17.2 Å². The Morgan fingerprint density at radius 2 is 2.24 bits per heavy atom. The van der Waals surface area contributed by atoms with Gasteiger partial charge in [0.2, 0.25) is 0 Å². The molecule has 1 aromatic carbocycles. The lowest BCUT2D eigenvalue weighted by Gasteiger charge is -2.33. The van der Waals surface area contributed by atoms with E-state index < -0.39 is 0 Å². The first kappa shape index (κ1) is 13.8. The third kappa shape index (κ3) is 2.23. The third-order valence-electron chi connectivity index (χ3n) is 3.61. The van der Waals surface area contributed by atoms with Gasteiger partial charge in [-0.05, 0) is 38.2 Å². The highest BCUT2D eigenvalue weighted by Crippen LogP contribution is 2.36. The van der Waals surface area contributed by atoms with Gasteiger partial charge in [-0.2, -0.15) is 5.10 Å². The molecule has 21 heavy (non-hydrogen) atoms. The van der Waals surface area contributed by atoms with Crippen LogP contribution in [0.25, 0.3) is 0 Å². The molecule has 1 aliphatic heterocycles. The molecule has 110 valence electrons. The van der Waals surface area contributed by atoms with Crippen molar-refractivity contribution in [3.8, 4) is 5.75 Å². The number of nitrogens with zero attached hydrogens (tertiary/aromatic N) is 3. The summed E-state index contributed by atoms with van der Waals surface area (Å²) in [5.41, 5.74) is 0.762. The van der Waals surface area contributed by atoms with E-state index >= 15 is 0 Å². The van der Waals surface area contributed by atoms with Crippen LogP contribution in [-0.2, 0) is 11.3 Å². The van der Waals surface area contributed by atoms with Crippen molar-refractivity contribution in [3.63, 3.8) is 0 Å². The molecule has 0 unspecified atom stereocenters. The number of rotatable bonds is 3. The molecule has 1 atom stereocenters. The Morgan fingerprint density at radius 3 is 3.00 bits per heavy atom. The molecule has 0 spiro atoms. The summed E-state index contributed by atoms with van der Waals surface area (Å²) in [7, 11) is 0. The normalized spacial score (nSPS) is 15.5. The minimum atomic E-state index is -0.226. The van der Waals surface area contributed by atoms with Crippen molar-refractivity contribution in [2.75, 3.05) is 11.5 Å². The van der Waals surface area contributed by atoms with Gasteiger partial charge >= 0.3 is 0 Å². The maximum atomic E-state index is 12.3. The number of carbonyl (C=O) groups excluding carboxylic acids is 1. The van der Waals surface area contributed by atoms with Crippen LogP contribution in [0.5, 0.6) is 5.75 Å². The number of aromatic amines is 1. The van der Waals surface area contributed by atoms with Crippen LogP contribution in [-0.4, -0.2) is 27.3 Å². The first-order valence-corrected chi connectivity index (χ1v) is 7.23. The molecule has 0 saturated heterocycles. The van der Waals surface area contributed by atoms with Crippen molar-refractivity contribution in [3.05, 3.63) is 34.9 Å². The van der Waals surface area contributed by atoms with Crippen molar-refractivity contribution in [2.45, 2.75) is 26.4 Å². The minimum absolute atomic E-state index is 0.0403. The Bertz CT molecular complexity index is 737. The highest BCUT2D eigenvalue weighted by molar-refractivity contribution is 7.71. The van der Waals surface area contributed by atoms with Crippen molar-refractivity contribution in [1.29, 1.82) is 0 Å². The molecule has 6 nitrogen and oxygen atoms in total. The van der Waals surface area contributed by atoms with E-state index in [4.69, 9.17) is 17.0 Å². The van der Waals surface area contributed by atoms with Gasteiger partial charge in [0.05, 0.1) is 11.7 Å². The van der Waals surface area contributed by atoms with Gasteiger partial charge in [0.25, 0.3) is 5.91 Å². The number of nitrogens with one attached hydrogen (secondary N) is 1. The van der Waals surface area contributed by atoms with Crippen LogP contribution in [0, 0.1) is 4.77 Å². The average molecular weight is 304 g/mol. The van der Waals surface area contributed by atoms with Crippen molar-refractivity contribution in [2.24, 2.45) is 0 Å². The topological polar surface area (TPSA) is 63.1 Å². The Labute approximate surface area is 127 Å². The van der Waals surface area contributed by atoms with Gasteiger partial charge in [-0.1, -0.05) is 12.1 Å². The number of fused-ring (bicyclic) bond motifs is 1. The number of hydrogen-bond acceptors (Lipinski definition) is 4. The van der Waals surface area contributed by atoms with Crippen LogP contribution in [0.4, 0.5) is 5.69 Å². The lowest BCUT2D eigenvalue weighted by Crippen LogP contribution is -2.41. The summed E-state index contributed by atoms with van der Waals surface area (Å²) in [4.78, 5) is 14.0. The van der Waals surface area contributed by atoms with E-state index in [0.29, 0.717) is 17.1 Å². The zero-order valence-corrected chi connectivity index (χ0v) is 12.7. The molecule has 2 heterocycles. The Hall–Kier alpha value is -2.15. The molecule has 0 saturated carbocycles. The number of para-hydroxylation sites is 2. The van der Waals surface area contributed by atoms with Crippen LogP contribution in [0.3, 0.4) is 0 Å². The number of aromatic nitrogens is 3. The van der Waals surface area contributed by atoms with Crippen LogP contribution in [0.2, 0.25) is 0 Å². The highest BCUT2D eigenvalue weighted by Gasteiger charge is 2.32. The maximum absolute atomic E-state index is 12.3. The summed E-state index contributed by atoms with van der Waals surface area (Å²) < 4.78 is 7.92. The second-order valence-corrected chi connectivity index (χ2v) is 5.21. The van der Waals surface area contributed by atoms with Crippen molar-refractivity contribution < 1.29 is 9.53 Å². The fourth-order valence-corrected chi connectivity index (χ4v) is 2.88. The second-order valence-electron chi connectivity index (χ2n) is 4.83. The number of benzene rings is 1. The first-order chi connectivity index (χ1) is 10.1. The summed E-state index contributed by atoms with van der Waals surface area (Å²) in [5, 5.41) is 7.07. The summed E-state index contributed by atoms with van der Waals surface area (Å²) in [6.07, 6.45) is 0. The highest BCUT2D eigenvalue weighted by atomic mass is 32.1. The number of ether oxygens (including phenoxy) is 1. The molecule has 1 aromatic heterocycles. The van der Waals surface area contributed by atoms with Crippen LogP contribution in [0.15, 0.2) is 24.3 Å². The van der Waals surface area contributed by atoms with Gasteiger partial charge in [-0.3, -0.25) is 14.8 Å². The average Bonchev–Trinajstić information content (AvgIpc) is 2.87. The fourth-order valence-electron chi connectivity index (χ4n) is 2.62. The zero-order chi connectivity index (χ0) is 15.0. The summed E-state index contributed by atoms with van der Waals surface area (Å²) in [6, 6.07) is 7.28. The molecular weight excluding hydrogens is 288 g/mol. The molecule has 1 N–H and O–H groups in total. The summed E-state index contributed by atoms with van der Waals surface area (Å²) in [6.45, 7) is 4.68. The maximum Gasteiger partial charge on any atom is 0.265 e. The van der Waals surface area contributed by atoms with E-state index in [-0.39, 0.29) is 18.6 Å². The smallest absolute Gasteiger partial charge is 0.265 e. The number of H-pyrrole nitrogens is 1. The van der Waals surface area contributed by atoms with E-state index in [2.05, 4.69) is 10.2 Å². The zero-order valence-electron chi connectivity index (χ0n) is 11.9. The van der Waals surface area contributed by atoms with Gasteiger partial charge < -0.3 is 9.30 Å². The molecule has 1 aliphatic rings. The molecule has 0 fully saturated rings. The Morgan fingerprint density at radius 1 is 1.48 bits per heavy atom. The van der Waals surface area contributed by atoms with Gasteiger partial charge in [0.1, 0.15) is 5.75 Å². The number of carbonyl (C=O) groups is 1. The molecule has 0 aliphatic carbocycles. The number of anilines is 1. The Balaban J connectivity index is 2.06. The molecular formula is C14H16N4O2S. The fraction of sp³-hybridized carbons (Fsp3) is 0.357. The van der Waals surface area contributed by atoms with Gasteiger partial charge in [-0.25, -0.2) is 0 Å². The predicted molar refractivity (Wildman–Crippen MR) is 80.9 cm³/mol. The minimum Gasteiger partial charge on any atom is -0.482 e.